The van der Waals surface area contributed by atoms with Crippen molar-refractivity contribution < 1.29 is 9.32 Å². The van der Waals surface area contributed by atoms with Gasteiger partial charge in [0.1, 0.15) is 0 Å². The Bertz CT molecular complexity index is 643. The minimum atomic E-state index is 0.253. The Balaban J connectivity index is 1.60. The number of carbonyl (C=O) groups excluding carboxylic acids is 1. The van der Waals surface area contributed by atoms with Crippen LogP contribution in [0.15, 0.2) is 34.9 Å². The van der Waals surface area contributed by atoms with Crippen molar-refractivity contribution in [3.05, 3.63) is 36.2 Å². The summed E-state index contributed by atoms with van der Waals surface area (Å²) in [5, 5.41) is 4.09. The van der Waals surface area contributed by atoms with Gasteiger partial charge in [0, 0.05) is 31.0 Å². The minimum absolute atomic E-state index is 0.253. The van der Waals surface area contributed by atoms with Crippen LogP contribution < -0.4 is 0 Å². The van der Waals surface area contributed by atoms with Gasteiger partial charge in [-0.15, -0.1) is 0 Å². The summed E-state index contributed by atoms with van der Waals surface area (Å²) in [7, 11) is 0. The molecule has 0 aliphatic carbocycles. The van der Waals surface area contributed by atoms with E-state index in [-0.39, 0.29) is 11.8 Å². The predicted molar refractivity (Wildman–Crippen MR) is 87.7 cm³/mol. The minimum Gasteiger partial charge on any atom is -0.343 e. The Morgan fingerprint density at radius 1 is 1.26 bits per heavy atom. The number of benzene rings is 1. The van der Waals surface area contributed by atoms with Gasteiger partial charge in [0.15, 0.2) is 0 Å². The van der Waals surface area contributed by atoms with Gasteiger partial charge < -0.3 is 9.42 Å². The molecule has 1 aromatic carbocycles. The number of carbonyl (C=O) groups is 1. The molecule has 0 bridgehead atoms. The summed E-state index contributed by atoms with van der Waals surface area (Å²) in [6, 6.07) is 9.84. The zero-order chi connectivity index (χ0) is 16.2. The maximum atomic E-state index is 12.1. The van der Waals surface area contributed by atoms with Gasteiger partial charge in [0.05, 0.1) is 0 Å². The Hall–Kier alpha value is -2.17. The molecule has 1 aliphatic rings. The van der Waals surface area contributed by atoms with Gasteiger partial charge in [-0.05, 0) is 18.8 Å². The van der Waals surface area contributed by atoms with Crippen molar-refractivity contribution >= 4 is 5.91 Å². The molecule has 1 aliphatic heterocycles. The van der Waals surface area contributed by atoms with Gasteiger partial charge in [-0.3, -0.25) is 4.79 Å². The van der Waals surface area contributed by atoms with Gasteiger partial charge in [-0.25, -0.2) is 0 Å². The van der Waals surface area contributed by atoms with Crippen molar-refractivity contribution in [2.24, 2.45) is 5.92 Å². The predicted octanol–water partition coefficient (Wildman–Crippen LogP) is 3.49. The molecule has 0 N–H and O–H groups in total. The number of likely N-dealkylation sites (tertiary alicyclic amines) is 1. The standard InChI is InChI=1S/C18H23N3O2/c1-13(2)12-16(22)21-10-8-15(9-11-21)18-19-17(20-23-18)14-6-4-3-5-7-14/h3-7,13,15H,8-12H2,1-2H3. The molecule has 2 aromatic rings. The summed E-state index contributed by atoms with van der Waals surface area (Å²) in [5.74, 6) is 2.25. The van der Waals surface area contributed by atoms with Crippen LogP contribution in [0.3, 0.4) is 0 Å². The lowest BCUT2D eigenvalue weighted by Crippen LogP contribution is -2.38. The third kappa shape index (κ3) is 3.78. The van der Waals surface area contributed by atoms with Crippen LogP contribution in [0.2, 0.25) is 0 Å². The molecule has 0 saturated carbocycles. The number of aromatic nitrogens is 2. The van der Waals surface area contributed by atoms with Crippen LogP contribution in [-0.2, 0) is 4.79 Å². The summed E-state index contributed by atoms with van der Waals surface area (Å²) in [4.78, 5) is 18.6. The van der Waals surface area contributed by atoms with Crippen molar-refractivity contribution in [2.75, 3.05) is 13.1 Å². The number of hydrogen-bond acceptors (Lipinski definition) is 4. The van der Waals surface area contributed by atoms with Crippen LogP contribution in [0, 0.1) is 5.92 Å². The number of hydrogen-bond donors (Lipinski definition) is 0. The molecule has 5 nitrogen and oxygen atoms in total. The van der Waals surface area contributed by atoms with E-state index >= 15 is 0 Å². The molecule has 1 saturated heterocycles. The number of piperidine rings is 1. The molecular weight excluding hydrogens is 290 g/mol. The normalized spacial score (nSPS) is 16.0. The molecule has 3 rings (SSSR count). The molecule has 2 heterocycles. The number of rotatable bonds is 4. The number of nitrogens with zero attached hydrogens (tertiary/aromatic N) is 3. The lowest BCUT2D eigenvalue weighted by molar-refractivity contribution is -0.133. The molecule has 1 aromatic heterocycles. The first-order chi connectivity index (χ1) is 11.1. The van der Waals surface area contributed by atoms with E-state index in [2.05, 4.69) is 24.0 Å². The summed E-state index contributed by atoms with van der Waals surface area (Å²) in [5.41, 5.74) is 0.965. The smallest absolute Gasteiger partial charge is 0.230 e. The Labute approximate surface area is 136 Å². The Morgan fingerprint density at radius 2 is 1.96 bits per heavy atom. The van der Waals surface area contributed by atoms with E-state index in [4.69, 9.17) is 4.52 Å². The second-order valence-electron chi connectivity index (χ2n) is 6.58. The topological polar surface area (TPSA) is 59.2 Å². The molecule has 5 heteroatoms. The molecule has 0 unspecified atom stereocenters. The molecule has 0 atom stereocenters. The SMILES string of the molecule is CC(C)CC(=O)N1CCC(c2nc(-c3ccccc3)no2)CC1. The van der Waals surface area contributed by atoms with Crippen LogP contribution in [0.5, 0.6) is 0 Å². The van der Waals surface area contributed by atoms with E-state index in [1.165, 1.54) is 0 Å². The third-order valence-corrected chi connectivity index (χ3v) is 4.25. The molecular formula is C18H23N3O2. The molecule has 23 heavy (non-hydrogen) atoms. The van der Waals surface area contributed by atoms with Crippen LogP contribution >= 0.6 is 0 Å². The first kappa shape index (κ1) is 15.7. The average molecular weight is 313 g/mol. The lowest BCUT2D eigenvalue weighted by atomic mass is 9.96. The number of amides is 1. The van der Waals surface area contributed by atoms with Crippen molar-refractivity contribution in [1.82, 2.24) is 15.0 Å². The average Bonchev–Trinajstić information content (AvgIpc) is 3.05. The molecule has 0 spiro atoms. The monoisotopic (exact) mass is 313 g/mol. The first-order valence-electron chi connectivity index (χ1n) is 8.30. The van der Waals surface area contributed by atoms with Crippen LogP contribution in [0.1, 0.15) is 44.9 Å². The summed E-state index contributed by atoms with van der Waals surface area (Å²) in [6.07, 6.45) is 2.41. The van der Waals surface area contributed by atoms with Crippen molar-refractivity contribution in [1.29, 1.82) is 0 Å². The second kappa shape index (κ2) is 6.94. The highest BCUT2D eigenvalue weighted by atomic mass is 16.5. The van der Waals surface area contributed by atoms with Crippen molar-refractivity contribution in [3.63, 3.8) is 0 Å². The maximum Gasteiger partial charge on any atom is 0.230 e. The molecule has 0 radical (unpaired) electrons. The highest BCUT2D eigenvalue weighted by Gasteiger charge is 2.27. The fraction of sp³-hybridized carbons (Fsp3) is 0.500. The van der Waals surface area contributed by atoms with E-state index < -0.39 is 0 Å². The Morgan fingerprint density at radius 3 is 2.61 bits per heavy atom. The van der Waals surface area contributed by atoms with E-state index in [1.807, 2.05) is 35.2 Å². The van der Waals surface area contributed by atoms with Crippen LogP contribution in [0.25, 0.3) is 11.4 Å². The van der Waals surface area contributed by atoms with Gasteiger partial charge in [-0.2, -0.15) is 4.98 Å². The van der Waals surface area contributed by atoms with Gasteiger partial charge in [0.25, 0.3) is 0 Å². The Kier molecular flexibility index (Phi) is 4.74. The van der Waals surface area contributed by atoms with Gasteiger partial charge >= 0.3 is 0 Å². The molecule has 1 fully saturated rings. The summed E-state index contributed by atoms with van der Waals surface area (Å²) >= 11 is 0. The fourth-order valence-electron chi connectivity index (χ4n) is 2.96. The van der Waals surface area contributed by atoms with Crippen LogP contribution in [-0.4, -0.2) is 34.0 Å². The summed E-state index contributed by atoms with van der Waals surface area (Å²) < 4.78 is 5.45. The van der Waals surface area contributed by atoms with E-state index in [9.17, 15) is 4.79 Å². The molecule has 1 amide bonds. The largest absolute Gasteiger partial charge is 0.343 e. The fourth-order valence-corrected chi connectivity index (χ4v) is 2.96. The highest BCUT2D eigenvalue weighted by molar-refractivity contribution is 5.76. The van der Waals surface area contributed by atoms with Crippen LogP contribution in [0.4, 0.5) is 0 Å². The maximum absolute atomic E-state index is 12.1. The van der Waals surface area contributed by atoms with Crippen molar-refractivity contribution in [2.45, 2.75) is 39.0 Å². The summed E-state index contributed by atoms with van der Waals surface area (Å²) in [6.45, 7) is 5.71. The zero-order valence-corrected chi connectivity index (χ0v) is 13.7. The second-order valence-corrected chi connectivity index (χ2v) is 6.58. The highest BCUT2D eigenvalue weighted by Crippen LogP contribution is 2.28. The van der Waals surface area contributed by atoms with Gasteiger partial charge in [-0.1, -0.05) is 49.3 Å². The lowest BCUT2D eigenvalue weighted by Gasteiger charge is -2.30. The first-order valence-corrected chi connectivity index (χ1v) is 8.30. The molecule has 122 valence electrons. The third-order valence-electron chi connectivity index (χ3n) is 4.25. The van der Waals surface area contributed by atoms with E-state index in [0.717, 1.165) is 31.5 Å². The van der Waals surface area contributed by atoms with E-state index in [1.54, 1.807) is 0 Å². The van der Waals surface area contributed by atoms with Gasteiger partial charge in [0.2, 0.25) is 17.6 Å². The van der Waals surface area contributed by atoms with Crippen molar-refractivity contribution in [3.8, 4) is 11.4 Å². The van der Waals surface area contributed by atoms with E-state index in [0.29, 0.717) is 24.1 Å². The zero-order valence-electron chi connectivity index (χ0n) is 13.7. The quantitative estimate of drug-likeness (QED) is 0.867.